The van der Waals surface area contributed by atoms with Crippen LogP contribution in [0.15, 0.2) is 0 Å². The van der Waals surface area contributed by atoms with Gasteiger partial charge < -0.3 is 15.3 Å². The lowest BCUT2D eigenvalue weighted by Crippen LogP contribution is -2.63. The number of carbonyl (C=O) groups is 2. The molecule has 17 heavy (non-hydrogen) atoms. The molecule has 0 radical (unpaired) electrons. The molecule has 5 nitrogen and oxygen atoms in total. The highest BCUT2D eigenvalue weighted by molar-refractivity contribution is 5.84. The molecule has 1 saturated heterocycles. The van der Waals surface area contributed by atoms with Gasteiger partial charge in [-0.2, -0.15) is 0 Å². The summed E-state index contributed by atoms with van der Waals surface area (Å²) in [5.41, 5.74) is -0.213. The van der Waals surface area contributed by atoms with Gasteiger partial charge in [0.05, 0.1) is 6.04 Å². The summed E-state index contributed by atoms with van der Waals surface area (Å²) in [5, 5.41) is 11.8. The lowest BCUT2D eigenvalue weighted by molar-refractivity contribution is -0.143. The molecule has 1 rings (SSSR count). The van der Waals surface area contributed by atoms with E-state index in [0.717, 1.165) is 0 Å². The molecule has 1 aliphatic heterocycles. The summed E-state index contributed by atoms with van der Waals surface area (Å²) in [6.07, 6.45) is 0.374. The summed E-state index contributed by atoms with van der Waals surface area (Å²) >= 11 is 0. The molecule has 0 aromatic carbocycles. The van der Waals surface area contributed by atoms with E-state index in [1.807, 2.05) is 32.6 Å². The van der Waals surface area contributed by atoms with Gasteiger partial charge in [-0.1, -0.05) is 0 Å². The number of aliphatic carboxylic acids is 1. The van der Waals surface area contributed by atoms with E-state index < -0.39 is 5.97 Å². The highest BCUT2D eigenvalue weighted by Crippen LogP contribution is 2.20. The molecule has 5 heteroatoms. The van der Waals surface area contributed by atoms with Crippen LogP contribution in [0.2, 0.25) is 0 Å². The molecule has 98 valence electrons. The van der Waals surface area contributed by atoms with E-state index in [1.54, 1.807) is 0 Å². The fraction of sp³-hybridized carbons (Fsp3) is 0.833. The molecular formula is C12H22N2O3. The Balaban J connectivity index is 2.72. The first-order valence-electron chi connectivity index (χ1n) is 6.01. The molecule has 0 saturated carbocycles. The minimum atomic E-state index is -0.861. The highest BCUT2D eigenvalue weighted by Gasteiger charge is 2.37. The number of rotatable bonds is 3. The smallest absolute Gasteiger partial charge is 0.303 e. The summed E-state index contributed by atoms with van der Waals surface area (Å²) in [5.74, 6) is -0.850. The SMILES string of the molecule is CC1CN(C(C)(C)C)C(=O)C(CCC(=O)O)N1. The fourth-order valence-corrected chi connectivity index (χ4v) is 2.10. The van der Waals surface area contributed by atoms with Gasteiger partial charge in [0.25, 0.3) is 0 Å². The van der Waals surface area contributed by atoms with Crippen LogP contribution in [0.4, 0.5) is 0 Å². The van der Waals surface area contributed by atoms with Crippen molar-refractivity contribution < 1.29 is 14.7 Å². The van der Waals surface area contributed by atoms with Crippen LogP contribution in [0.3, 0.4) is 0 Å². The maximum Gasteiger partial charge on any atom is 0.303 e. The maximum atomic E-state index is 12.2. The van der Waals surface area contributed by atoms with Gasteiger partial charge in [-0.05, 0) is 34.1 Å². The summed E-state index contributed by atoms with van der Waals surface area (Å²) in [4.78, 5) is 24.6. The Labute approximate surface area is 102 Å². The molecule has 2 N–H and O–H groups in total. The van der Waals surface area contributed by atoms with E-state index in [-0.39, 0.29) is 30.0 Å². The first-order valence-corrected chi connectivity index (χ1v) is 6.01. The highest BCUT2D eigenvalue weighted by atomic mass is 16.4. The van der Waals surface area contributed by atoms with Crippen LogP contribution in [0, 0.1) is 0 Å². The Bertz CT molecular complexity index is 309. The van der Waals surface area contributed by atoms with Gasteiger partial charge in [0.2, 0.25) is 5.91 Å². The summed E-state index contributed by atoms with van der Waals surface area (Å²) in [6.45, 7) is 8.68. The van der Waals surface area contributed by atoms with Crippen molar-refractivity contribution in [3.8, 4) is 0 Å². The van der Waals surface area contributed by atoms with Crippen molar-refractivity contribution in [1.29, 1.82) is 0 Å². The average molecular weight is 242 g/mol. The zero-order valence-corrected chi connectivity index (χ0v) is 11.0. The number of nitrogens with one attached hydrogen (secondary N) is 1. The van der Waals surface area contributed by atoms with Crippen molar-refractivity contribution in [1.82, 2.24) is 10.2 Å². The zero-order valence-electron chi connectivity index (χ0n) is 11.0. The monoisotopic (exact) mass is 242 g/mol. The Morgan fingerprint density at radius 3 is 2.59 bits per heavy atom. The van der Waals surface area contributed by atoms with Gasteiger partial charge in [0.1, 0.15) is 0 Å². The van der Waals surface area contributed by atoms with Crippen molar-refractivity contribution in [2.24, 2.45) is 0 Å². The van der Waals surface area contributed by atoms with E-state index in [4.69, 9.17) is 5.11 Å². The molecule has 0 aromatic rings. The number of hydrogen-bond donors (Lipinski definition) is 2. The standard InChI is InChI=1S/C12H22N2O3/c1-8-7-14(12(2,3)4)11(17)9(13-8)5-6-10(15)16/h8-9,13H,5-7H2,1-4H3,(H,15,16). The van der Waals surface area contributed by atoms with Crippen LogP contribution in [0.25, 0.3) is 0 Å². The second-order valence-electron chi connectivity index (χ2n) is 5.67. The van der Waals surface area contributed by atoms with Crippen molar-refractivity contribution in [2.75, 3.05) is 6.54 Å². The predicted molar refractivity (Wildman–Crippen MR) is 64.7 cm³/mol. The average Bonchev–Trinajstić information content (AvgIpc) is 2.17. The molecular weight excluding hydrogens is 220 g/mol. The van der Waals surface area contributed by atoms with Crippen LogP contribution in [-0.4, -0.2) is 46.1 Å². The minimum absolute atomic E-state index is 0.0110. The van der Waals surface area contributed by atoms with Crippen LogP contribution in [-0.2, 0) is 9.59 Å². The summed E-state index contributed by atoms with van der Waals surface area (Å²) < 4.78 is 0. The molecule has 0 bridgehead atoms. The molecule has 1 amide bonds. The zero-order chi connectivity index (χ0) is 13.2. The van der Waals surface area contributed by atoms with Gasteiger partial charge in [0, 0.05) is 24.5 Å². The van der Waals surface area contributed by atoms with Crippen LogP contribution >= 0.6 is 0 Å². The van der Waals surface area contributed by atoms with E-state index in [0.29, 0.717) is 13.0 Å². The van der Waals surface area contributed by atoms with Crippen LogP contribution in [0.5, 0.6) is 0 Å². The molecule has 2 atom stereocenters. The number of nitrogens with zero attached hydrogens (tertiary/aromatic N) is 1. The molecule has 1 heterocycles. The van der Waals surface area contributed by atoms with Gasteiger partial charge in [0.15, 0.2) is 0 Å². The normalized spacial score (nSPS) is 26.1. The number of hydrogen-bond acceptors (Lipinski definition) is 3. The third kappa shape index (κ3) is 3.70. The molecule has 0 aromatic heterocycles. The predicted octanol–water partition coefficient (Wildman–Crippen LogP) is 0.839. The summed E-state index contributed by atoms with van der Waals surface area (Å²) in [7, 11) is 0. The number of piperazine rings is 1. The molecule has 0 spiro atoms. The second kappa shape index (κ2) is 5.04. The second-order valence-corrected chi connectivity index (χ2v) is 5.67. The Kier molecular flexibility index (Phi) is 4.14. The lowest BCUT2D eigenvalue weighted by Gasteiger charge is -2.44. The van der Waals surface area contributed by atoms with E-state index in [9.17, 15) is 9.59 Å². The van der Waals surface area contributed by atoms with Crippen molar-refractivity contribution in [2.45, 2.75) is 58.2 Å². The third-order valence-corrected chi connectivity index (χ3v) is 2.96. The largest absolute Gasteiger partial charge is 0.481 e. The number of carboxylic acid groups (broad SMARTS) is 1. The molecule has 1 aliphatic rings. The molecule has 1 fully saturated rings. The van der Waals surface area contributed by atoms with Crippen molar-refractivity contribution >= 4 is 11.9 Å². The lowest BCUT2D eigenvalue weighted by atomic mass is 9.98. The Hall–Kier alpha value is -1.10. The molecule has 0 aliphatic carbocycles. The first-order chi connectivity index (χ1) is 7.71. The quantitative estimate of drug-likeness (QED) is 0.769. The van der Waals surface area contributed by atoms with Crippen molar-refractivity contribution in [3.05, 3.63) is 0 Å². The van der Waals surface area contributed by atoms with Gasteiger partial charge in [-0.15, -0.1) is 0 Å². The third-order valence-electron chi connectivity index (χ3n) is 2.96. The number of amides is 1. The maximum absolute atomic E-state index is 12.2. The molecule has 2 unspecified atom stereocenters. The van der Waals surface area contributed by atoms with E-state index >= 15 is 0 Å². The minimum Gasteiger partial charge on any atom is -0.481 e. The first kappa shape index (κ1) is 14.0. The summed E-state index contributed by atoms with van der Waals surface area (Å²) in [6, 6.07) is -0.167. The number of carbonyl (C=O) groups excluding carboxylic acids is 1. The number of carboxylic acids is 1. The van der Waals surface area contributed by atoms with Gasteiger partial charge in [-0.3, -0.25) is 9.59 Å². The van der Waals surface area contributed by atoms with Crippen LogP contribution < -0.4 is 5.32 Å². The van der Waals surface area contributed by atoms with E-state index in [2.05, 4.69) is 5.32 Å². The van der Waals surface area contributed by atoms with Gasteiger partial charge in [-0.25, -0.2) is 0 Å². The fourth-order valence-electron chi connectivity index (χ4n) is 2.10. The van der Waals surface area contributed by atoms with Crippen LogP contribution in [0.1, 0.15) is 40.5 Å². The van der Waals surface area contributed by atoms with Gasteiger partial charge >= 0.3 is 5.97 Å². The Morgan fingerprint density at radius 2 is 2.12 bits per heavy atom. The van der Waals surface area contributed by atoms with Crippen molar-refractivity contribution in [3.63, 3.8) is 0 Å². The van der Waals surface area contributed by atoms with E-state index in [1.165, 1.54) is 0 Å². The Morgan fingerprint density at radius 1 is 1.53 bits per heavy atom. The topological polar surface area (TPSA) is 69.6 Å².